The minimum Gasteiger partial charge on any atom is -0.458 e. The summed E-state index contributed by atoms with van der Waals surface area (Å²) in [7, 11) is 0. The highest BCUT2D eigenvalue weighted by atomic mass is 19.1. The van der Waals surface area contributed by atoms with E-state index in [1.165, 1.54) is 10.6 Å². The lowest BCUT2D eigenvalue weighted by Crippen LogP contribution is -2.56. The van der Waals surface area contributed by atoms with Crippen molar-refractivity contribution in [3.05, 3.63) is 127 Å². The molecular formula is C96H133FN10O24. The standard InChI is InChI=1S/C96H133FN10O24/c1-5-96(117)75-60-81-89-73(64-107(81)93(115)74(75)65-131-94(96)116)87-77(20-19-72-67(4)76(97)61-79(102-89)86(72)87)101-83(109)62-100-91(113)78(15-10-11-30-98)103-92(114)88(66(2)3)104-82(108)24-34-118-36-38-120-40-42-122-44-46-124-48-50-126-52-54-128-56-58-130-59-57-129-55-53-127-51-49-125-47-45-123-43-41-121-39-37-119-35-25-84(110)105-32-28-95(29-33-105)26-21-70(22-27-95)90(112)99-31-23-85(111)106-63-71-14-7-6-12-68(71)17-18-69-13-8-9-16-80(69)106/h6-9,12-14,16,60-61,66,70,77-78,88,117H,5,10-11,15,19-59,62-65,98H2,1-4H3,(H,99,112)(H,100,113)(H,101,109)(H,103,114)(H,104,108). The van der Waals surface area contributed by atoms with Gasteiger partial charge in [-0.3, -0.25) is 38.4 Å². The van der Waals surface area contributed by atoms with Crippen molar-refractivity contribution in [3.8, 4) is 23.2 Å². The molecular weight excluding hydrogens is 1700 g/mol. The maximum absolute atomic E-state index is 15.5. The number of hydrogen-bond donors (Lipinski definition) is 7. The van der Waals surface area contributed by atoms with Crippen LogP contribution in [0.2, 0.25) is 0 Å². The van der Waals surface area contributed by atoms with Crippen LogP contribution in [0.5, 0.6) is 0 Å². The molecule has 131 heavy (non-hydrogen) atoms. The van der Waals surface area contributed by atoms with Crippen LogP contribution in [0, 0.1) is 41.8 Å². The van der Waals surface area contributed by atoms with Crippen LogP contribution >= 0.6 is 0 Å². The zero-order valence-corrected chi connectivity index (χ0v) is 76.4. The van der Waals surface area contributed by atoms with E-state index in [0.717, 1.165) is 79.6 Å². The third-order valence-electron chi connectivity index (χ3n) is 24.8. The van der Waals surface area contributed by atoms with Crippen molar-refractivity contribution < 1.29 is 114 Å². The third kappa shape index (κ3) is 29.8. The number of rotatable bonds is 59. The summed E-state index contributed by atoms with van der Waals surface area (Å²) in [5.41, 5.74) is 10.6. The highest BCUT2D eigenvalue weighted by molar-refractivity contribution is 5.97. The normalized spacial score (nSPS) is 17.0. The Bertz CT molecular complexity index is 4720. The number of esters is 1. The van der Waals surface area contributed by atoms with Gasteiger partial charge in [0.1, 0.15) is 24.5 Å². The van der Waals surface area contributed by atoms with Crippen LogP contribution in [0.4, 0.5) is 10.1 Å². The number of piperidine rings is 1. The first kappa shape index (κ1) is 102. The van der Waals surface area contributed by atoms with Crippen LogP contribution in [-0.4, -0.2) is 283 Å². The Morgan fingerprint density at radius 2 is 1.14 bits per heavy atom. The predicted octanol–water partition coefficient (Wildman–Crippen LogP) is 5.75. The van der Waals surface area contributed by atoms with E-state index in [0.29, 0.717) is 236 Å². The van der Waals surface area contributed by atoms with Crippen molar-refractivity contribution in [2.75, 3.05) is 209 Å². The molecule has 35 heteroatoms. The number of para-hydroxylation sites is 1. The van der Waals surface area contributed by atoms with Crippen LogP contribution < -0.4 is 42.8 Å². The van der Waals surface area contributed by atoms with Crippen LogP contribution in [0.3, 0.4) is 0 Å². The SMILES string of the molecule is CCC1(O)C(=O)OCc2c1cc1n(c2=O)Cc2c-1nc1cc(F)c(C)c3c1c2C(NC(=O)CNC(=O)C(CCCCN)NC(=O)C(NC(=O)CCOCCOCCOCCOCCOCCOCCOCCOCCOCCOCCOCCOCCOCCC(=O)N1CCC2(CCC(C(=O)NCCC(=O)N4Cc5ccccc5C#Cc5ccccc54)CC2)CC1)C(C)C)CC3. The van der Waals surface area contributed by atoms with Gasteiger partial charge in [0.05, 0.1) is 232 Å². The summed E-state index contributed by atoms with van der Waals surface area (Å²) in [4.78, 5) is 130. The molecule has 3 aromatic carbocycles. The zero-order chi connectivity index (χ0) is 92.8. The Hall–Kier alpha value is -9.33. The lowest BCUT2D eigenvalue weighted by Gasteiger charge is -2.45. The number of aromatic nitrogens is 2. The summed E-state index contributed by atoms with van der Waals surface area (Å²) in [5.74, 6) is 2.58. The number of halogens is 1. The van der Waals surface area contributed by atoms with E-state index in [1.54, 1.807) is 38.7 Å². The Kier molecular flexibility index (Phi) is 41.8. The van der Waals surface area contributed by atoms with Crippen molar-refractivity contribution in [1.82, 2.24) is 41.0 Å². The minimum atomic E-state index is -2.06. The van der Waals surface area contributed by atoms with Gasteiger partial charge < -0.3 is 118 Å². The first-order valence-corrected chi connectivity index (χ1v) is 46.4. The number of nitrogens with one attached hydrogen (secondary N) is 5. The summed E-state index contributed by atoms with van der Waals surface area (Å²) in [6.07, 6.45) is 7.83. The molecule has 1 spiro atoms. The second-order valence-corrected chi connectivity index (χ2v) is 33.9. The van der Waals surface area contributed by atoms with Gasteiger partial charge in [0.25, 0.3) is 5.56 Å². The molecule has 34 nitrogen and oxygen atoms in total. The first-order valence-electron chi connectivity index (χ1n) is 46.4. The fourth-order valence-electron chi connectivity index (χ4n) is 17.3. The molecule has 4 aliphatic heterocycles. The largest absolute Gasteiger partial charge is 0.458 e. The first-order chi connectivity index (χ1) is 63.7. The second-order valence-electron chi connectivity index (χ2n) is 33.9. The van der Waals surface area contributed by atoms with Crippen LogP contribution in [-0.2, 0) is 136 Å². The van der Waals surface area contributed by atoms with Crippen molar-refractivity contribution in [3.63, 3.8) is 0 Å². The van der Waals surface area contributed by atoms with Gasteiger partial charge in [-0.15, -0.1) is 0 Å². The van der Waals surface area contributed by atoms with Gasteiger partial charge in [-0.2, -0.15) is 0 Å². The number of nitrogens with two attached hydrogens (primary N) is 1. The third-order valence-corrected chi connectivity index (χ3v) is 24.8. The van der Waals surface area contributed by atoms with Crippen LogP contribution in [0.1, 0.15) is 167 Å². The number of likely N-dealkylation sites (tertiary alicyclic amines) is 1. The number of ether oxygens (including phenoxy) is 14. The van der Waals surface area contributed by atoms with Crippen LogP contribution in [0.25, 0.3) is 22.3 Å². The van der Waals surface area contributed by atoms with Gasteiger partial charge in [0.15, 0.2) is 5.60 Å². The lowest BCUT2D eigenvalue weighted by atomic mass is 9.65. The van der Waals surface area contributed by atoms with E-state index in [1.807, 2.05) is 53.4 Å². The maximum atomic E-state index is 15.5. The Morgan fingerprint density at radius 1 is 0.603 bits per heavy atom. The summed E-state index contributed by atoms with van der Waals surface area (Å²) < 4.78 is 95.0. The number of cyclic esters (lactones) is 1. The van der Waals surface area contributed by atoms with Gasteiger partial charge in [0.2, 0.25) is 41.4 Å². The predicted molar refractivity (Wildman–Crippen MR) is 481 cm³/mol. The molecule has 718 valence electrons. The van der Waals surface area contributed by atoms with Gasteiger partial charge in [0, 0.05) is 72.1 Å². The van der Waals surface area contributed by atoms with Crippen molar-refractivity contribution in [2.24, 2.45) is 23.0 Å². The van der Waals surface area contributed by atoms with Gasteiger partial charge >= 0.3 is 5.97 Å². The number of hydrogen-bond acceptors (Lipinski definition) is 26. The van der Waals surface area contributed by atoms with E-state index in [-0.39, 0.29) is 111 Å². The van der Waals surface area contributed by atoms with Crippen molar-refractivity contribution in [2.45, 2.75) is 167 Å². The molecule has 8 N–H and O–H groups in total. The zero-order valence-electron chi connectivity index (χ0n) is 76.4. The molecule has 0 radical (unpaired) electrons. The topological polar surface area (TPSA) is 414 Å². The highest BCUT2D eigenvalue weighted by Crippen LogP contribution is 2.48. The van der Waals surface area contributed by atoms with Gasteiger partial charge in [-0.05, 0) is 148 Å². The Labute approximate surface area is 765 Å². The number of aryl methyl sites for hydroxylation is 1. The summed E-state index contributed by atoms with van der Waals surface area (Å²) in [6, 6.07) is 15.7. The number of pyridine rings is 2. The van der Waals surface area contributed by atoms with Gasteiger partial charge in [-0.1, -0.05) is 62.9 Å². The van der Waals surface area contributed by atoms with E-state index < -0.39 is 71.2 Å². The number of carbonyl (C=O) groups is 8. The molecule has 11 rings (SSSR count). The number of aliphatic hydroxyl groups is 1. The maximum Gasteiger partial charge on any atom is 0.343 e. The molecule has 5 aromatic rings. The smallest absolute Gasteiger partial charge is 0.343 e. The van der Waals surface area contributed by atoms with E-state index in [4.69, 9.17) is 77.0 Å². The van der Waals surface area contributed by atoms with Crippen molar-refractivity contribution in [1.29, 1.82) is 0 Å². The number of fused-ring (bicyclic) bond motifs is 7. The molecule has 1 saturated carbocycles. The second kappa shape index (κ2) is 53.5. The quantitative estimate of drug-likeness (QED) is 0.0136. The average Bonchev–Trinajstić information content (AvgIpc) is 1.56. The summed E-state index contributed by atoms with van der Waals surface area (Å²) >= 11 is 0. The molecule has 2 aromatic heterocycles. The van der Waals surface area contributed by atoms with Crippen LogP contribution in [0.15, 0.2) is 65.5 Å². The fourth-order valence-corrected chi connectivity index (χ4v) is 17.3. The number of anilines is 1. The van der Waals surface area contributed by atoms with Crippen molar-refractivity contribution >= 4 is 63.9 Å². The Balaban J connectivity index is 0.418. The summed E-state index contributed by atoms with van der Waals surface area (Å²) in [6.45, 7) is 18.5. The minimum absolute atomic E-state index is 0.0178. The molecule has 7 amide bonds. The number of unbranched alkanes of at least 4 members (excludes halogenated alkanes) is 1. The monoisotopic (exact) mass is 1830 g/mol. The van der Waals surface area contributed by atoms with E-state index in [2.05, 4.69) is 38.4 Å². The lowest BCUT2D eigenvalue weighted by molar-refractivity contribution is -0.172. The number of amides is 7. The summed E-state index contributed by atoms with van der Waals surface area (Å²) in [5, 5.41) is 26.5. The van der Waals surface area contributed by atoms with Gasteiger partial charge in [-0.25, -0.2) is 14.2 Å². The van der Waals surface area contributed by atoms with E-state index >= 15 is 4.39 Å². The molecule has 6 heterocycles. The number of benzene rings is 3. The molecule has 2 aliphatic carbocycles. The molecule has 1 saturated heterocycles. The molecule has 2 fully saturated rings. The molecule has 0 bridgehead atoms. The van der Waals surface area contributed by atoms with E-state index in [9.17, 15) is 48.3 Å². The fraction of sp³-hybridized carbons (Fsp3) is 0.625. The number of carbonyl (C=O) groups excluding carboxylic acids is 8. The number of nitrogens with zero attached hydrogens (tertiary/aromatic N) is 4. The molecule has 4 unspecified atom stereocenters. The Morgan fingerprint density at radius 3 is 1.69 bits per heavy atom. The average molecular weight is 1830 g/mol. The highest BCUT2D eigenvalue weighted by Gasteiger charge is 2.47. The molecule has 6 aliphatic rings. The molecule has 4 atom stereocenters.